The Morgan fingerprint density at radius 1 is 1.17 bits per heavy atom. The maximum absolute atomic E-state index is 12.5. The van der Waals surface area contributed by atoms with Crippen molar-refractivity contribution in [1.82, 2.24) is 10.1 Å². The summed E-state index contributed by atoms with van der Waals surface area (Å²) in [5, 5.41) is 7.71. The number of benzene rings is 2. The molecule has 3 aromatic rings. The van der Waals surface area contributed by atoms with E-state index in [4.69, 9.17) is 9.26 Å². The minimum Gasteiger partial charge on any atom is -0.497 e. The first kappa shape index (κ1) is 20.5. The van der Waals surface area contributed by atoms with Crippen molar-refractivity contribution in [2.24, 2.45) is 0 Å². The number of nitrogens with zero attached hydrogens (tertiary/aromatic N) is 2. The Labute approximate surface area is 180 Å². The average Bonchev–Trinajstić information content (AvgIpc) is 3.46. The zero-order valence-electron chi connectivity index (χ0n) is 17.0. The van der Waals surface area contributed by atoms with Crippen LogP contribution in [0.25, 0.3) is 11.4 Å². The molecular formula is C23H25N3O3S. The van der Waals surface area contributed by atoms with E-state index in [9.17, 15) is 4.79 Å². The van der Waals surface area contributed by atoms with Crippen molar-refractivity contribution >= 4 is 23.4 Å². The number of rotatable bonds is 8. The highest BCUT2D eigenvalue weighted by Crippen LogP contribution is 2.38. The van der Waals surface area contributed by atoms with Crippen LogP contribution >= 0.6 is 11.8 Å². The van der Waals surface area contributed by atoms with E-state index in [0.717, 1.165) is 21.9 Å². The molecule has 7 heteroatoms. The normalized spacial score (nSPS) is 14.0. The van der Waals surface area contributed by atoms with Gasteiger partial charge in [-0.3, -0.25) is 4.79 Å². The van der Waals surface area contributed by atoms with Gasteiger partial charge in [0.25, 0.3) is 0 Å². The number of hydrogen-bond acceptors (Lipinski definition) is 6. The number of nitrogens with one attached hydrogen (secondary N) is 1. The number of amides is 1. The molecule has 4 rings (SSSR count). The number of aromatic nitrogens is 2. The molecule has 0 bridgehead atoms. The quantitative estimate of drug-likeness (QED) is 0.526. The highest BCUT2D eigenvalue weighted by Gasteiger charge is 2.18. The number of ether oxygens (including phenoxy) is 1. The summed E-state index contributed by atoms with van der Waals surface area (Å²) < 4.78 is 10.5. The topological polar surface area (TPSA) is 77.2 Å². The third-order valence-corrected chi connectivity index (χ3v) is 6.55. The van der Waals surface area contributed by atoms with Crippen LogP contribution in [0.4, 0.5) is 5.69 Å². The SMILES string of the molecule is COc1ccc(-c2noc(CCC(=O)Nc3ccccc3SC3CCCC3)n2)cc1. The minimum atomic E-state index is -0.0568. The largest absolute Gasteiger partial charge is 0.497 e. The van der Waals surface area contributed by atoms with Gasteiger partial charge in [-0.05, 0) is 49.2 Å². The summed E-state index contributed by atoms with van der Waals surface area (Å²) in [7, 11) is 1.62. The van der Waals surface area contributed by atoms with Gasteiger partial charge in [0.15, 0.2) is 0 Å². The van der Waals surface area contributed by atoms with Crippen LogP contribution in [0.15, 0.2) is 57.9 Å². The van der Waals surface area contributed by atoms with E-state index in [0.29, 0.717) is 23.4 Å². The Balaban J connectivity index is 1.32. The second-order valence-electron chi connectivity index (χ2n) is 7.31. The first-order valence-corrected chi connectivity index (χ1v) is 11.1. The Bertz CT molecular complexity index is 981. The van der Waals surface area contributed by atoms with Crippen LogP contribution in [-0.2, 0) is 11.2 Å². The molecule has 1 aliphatic carbocycles. The van der Waals surface area contributed by atoms with Gasteiger partial charge in [0.2, 0.25) is 17.6 Å². The van der Waals surface area contributed by atoms with Gasteiger partial charge in [-0.15, -0.1) is 11.8 Å². The molecule has 0 unspecified atom stereocenters. The Hall–Kier alpha value is -2.80. The molecule has 0 saturated heterocycles. The van der Waals surface area contributed by atoms with Crippen molar-refractivity contribution in [2.45, 2.75) is 48.7 Å². The standard InChI is InChI=1S/C23H25N3O3S/c1-28-17-12-10-16(11-13-17)23-25-22(29-26-23)15-14-21(27)24-19-8-4-5-9-20(19)30-18-6-2-3-7-18/h4-5,8-13,18H,2-3,6-7,14-15H2,1H3,(H,24,27). The smallest absolute Gasteiger partial charge is 0.227 e. The minimum absolute atomic E-state index is 0.0568. The summed E-state index contributed by atoms with van der Waals surface area (Å²) in [6.45, 7) is 0. The number of carbonyl (C=O) groups excluding carboxylic acids is 1. The summed E-state index contributed by atoms with van der Waals surface area (Å²) in [4.78, 5) is 18.0. The van der Waals surface area contributed by atoms with Crippen molar-refractivity contribution in [3.05, 3.63) is 54.4 Å². The molecule has 0 aliphatic heterocycles. The van der Waals surface area contributed by atoms with Gasteiger partial charge in [0, 0.05) is 28.6 Å². The first-order chi connectivity index (χ1) is 14.7. The van der Waals surface area contributed by atoms with Crippen LogP contribution in [0.1, 0.15) is 38.0 Å². The number of carbonyl (C=O) groups is 1. The number of aryl methyl sites for hydroxylation is 1. The third-order valence-electron chi connectivity index (χ3n) is 5.14. The fourth-order valence-electron chi connectivity index (χ4n) is 3.51. The van der Waals surface area contributed by atoms with E-state index in [1.807, 2.05) is 54.2 Å². The second-order valence-corrected chi connectivity index (χ2v) is 8.65. The summed E-state index contributed by atoms with van der Waals surface area (Å²) >= 11 is 1.87. The monoisotopic (exact) mass is 423 g/mol. The van der Waals surface area contributed by atoms with Crippen LogP contribution in [0.2, 0.25) is 0 Å². The van der Waals surface area contributed by atoms with Crippen LogP contribution < -0.4 is 10.1 Å². The molecule has 156 valence electrons. The molecule has 2 aromatic carbocycles. The molecule has 0 radical (unpaired) electrons. The van der Waals surface area contributed by atoms with Crippen molar-refractivity contribution in [1.29, 1.82) is 0 Å². The van der Waals surface area contributed by atoms with Crippen LogP contribution in [0.5, 0.6) is 5.75 Å². The van der Waals surface area contributed by atoms with Gasteiger partial charge in [0.05, 0.1) is 12.8 Å². The predicted molar refractivity (Wildman–Crippen MR) is 118 cm³/mol. The Kier molecular flexibility index (Phi) is 6.69. The molecule has 1 fully saturated rings. The van der Waals surface area contributed by atoms with E-state index in [1.54, 1.807) is 7.11 Å². The van der Waals surface area contributed by atoms with Gasteiger partial charge in [-0.25, -0.2) is 0 Å². The van der Waals surface area contributed by atoms with E-state index in [2.05, 4.69) is 21.5 Å². The second kappa shape index (κ2) is 9.80. The molecule has 0 atom stereocenters. The lowest BCUT2D eigenvalue weighted by Gasteiger charge is -2.13. The number of thioether (sulfide) groups is 1. The zero-order chi connectivity index (χ0) is 20.8. The third kappa shape index (κ3) is 5.21. The lowest BCUT2D eigenvalue weighted by atomic mass is 10.2. The molecule has 0 spiro atoms. The summed E-state index contributed by atoms with van der Waals surface area (Å²) in [6.07, 6.45) is 5.78. The Morgan fingerprint density at radius 3 is 2.70 bits per heavy atom. The van der Waals surface area contributed by atoms with Crippen molar-refractivity contribution in [3.63, 3.8) is 0 Å². The molecule has 30 heavy (non-hydrogen) atoms. The number of para-hydroxylation sites is 1. The van der Waals surface area contributed by atoms with Gasteiger partial charge in [0.1, 0.15) is 5.75 Å². The molecule has 1 aromatic heterocycles. The zero-order valence-corrected chi connectivity index (χ0v) is 17.8. The van der Waals surface area contributed by atoms with Crippen molar-refractivity contribution < 1.29 is 14.1 Å². The maximum Gasteiger partial charge on any atom is 0.227 e. The van der Waals surface area contributed by atoms with Gasteiger partial charge < -0.3 is 14.6 Å². The molecular weight excluding hydrogens is 398 g/mol. The molecule has 1 saturated carbocycles. The van der Waals surface area contributed by atoms with E-state index in [1.165, 1.54) is 25.7 Å². The maximum atomic E-state index is 12.5. The van der Waals surface area contributed by atoms with E-state index < -0.39 is 0 Å². The number of methoxy groups -OCH3 is 1. The fraction of sp³-hybridized carbons (Fsp3) is 0.348. The molecule has 6 nitrogen and oxygen atoms in total. The van der Waals surface area contributed by atoms with Crippen LogP contribution in [0, 0.1) is 0 Å². The highest BCUT2D eigenvalue weighted by molar-refractivity contribution is 8.00. The lowest BCUT2D eigenvalue weighted by molar-refractivity contribution is -0.116. The van der Waals surface area contributed by atoms with Gasteiger partial charge >= 0.3 is 0 Å². The van der Waals surface area contributed by atoms with Gasteiger partial charge in [-0.1, -0.05) is 30.1 Å². The molecule has 1 aliphatic rings. The number of anilines is 1. The Morgan fingerprint density at radius 2 is 1.93 bits per heavy atom. The van der Waals surface area contributed by atoms with Gasteiger partial charge in [-0.2, -0.15) is 4.98 Å². The lowest BCUT2D eigenvalue weighted by Crippen LogP contribution is -2.13. The summed E-state index contributed by atoms with van der Waals surface area (Å²) in [5.74, 6) is 1.67. The fourth-order valence-corrected chi connectivity index (χ4v) is 4.84. The summed E-state index contributed by atoms with van der Waals surface area (Å²) in [6, 6.07) is 15.5. The van der Waals surface area contributed by atoms with Crippen molar-refractivity contribution in [3.8, 4) is 17.1 Å². The molecule has 1 amide bonds. The molecule has 1 N–H and O–H groups in total. The first-order valence-electron chi connectivity index (χ1n) is 10.2. The van der Waals surface area contributed by atoms with Crippen LogP contribution in [-0.4, -0.2) is 28.4 Å². The summed E-state index contributed by atoms with van der Waals surface area (Å²) in [5.41, 5.74) is 1.72. The van der Waals surface area contributed by atoms with Crippen LogP contribution in [0.3, 0.4) is 0 Å². The van der Waals surface area contributed by atoms with E-state index in [-0.39, 0.29) is 12.3 Å². The number of hydrogen-bond donors (Lipinski definition) is 1. The van der Waals surface area contributed by atoms with Crippen molar-refractivity contribution in [2.75, 3.05) is 12.4 Å². The van der Waals surface area contributed by atoms with E-state index >= 15 is 0 Å². The molecule has 1 heterocycles. The highest BCUT2D eigenvalue weighted by atomic mass is 32.2. The predicted octanol–water partition coefficient (Wildman–Crippen LogP) is 5.35. The average molecular weight is 424 g/mol.